The Morgan fingerprint density at radius 3 is 2.63 bits per heavy atom. The molecule has 10 heteroatoms. The van der Waals surface area contributed by atoms with Crippen LogP contribution in [0.25, 0.3) is 11.0 Å². The van der Waals surface area contributed by atoms with Crippen molar-refractivity contribution in [1.29, 1.82) is 0 Å². The first-order valence-corrected chi connectivity index (χ1v) is 8.48. The zero-order valence-electron chi connectivity index (χ0n) is 14.3. The molecule has 1 saturated carbocycles. The van der Waals surface area contributed by atoms with Crippen LogP contribution in [-0.4, -0.2) is 46.4 Å². The summed E-state index contributed by atoms with van der Waals surface area (Å²) in [5.74, 6) is -2.56. The number of fused-ring (bicyclic) bond motifs is 1. The molecule has 1 aliphatic heterocycles. The van der Waals surface area contributed by atoms with Gasteiger partial charge in [0.2, 0.25) is 5.43 Å². The molecule has 4 rings (SSSR count). The van der Waals surface area contributed by atoms with Gasteiger partial charge in [-0.15, -0.1) is 12.4 Å². The Kier molecular flexibility index (Phi) is 5.09. The summed E-state index contributed by atoms with van der Waals surface area (Å²) in [6.07, 6.45) is 1.76. The number of nitrogens with two attached hydrogens (primary N) is 1. The van der Waals surface area contributed by atoms with Crippen LogP contribution >= 0.6 is 12.4 Å². The summed E-state index contributed by atoms with van der Waals surface area (Å²) in [7, 11) is 0. The molecule has 2 aliphatic rings. The van der Waals surface area contributed by atoms with Gasteiger partial charge in [-0.3, -0.25) is 4.79 Å². The number of hydrogen-bond donors (Lipinski definition) is 2. The van der Waals surface area contributed by atoms with Gasteiger partial charge >= 0.3 is 5.97 Å². The van der Waals surface area contributed by atoms with Gasteiger partial charge in [-0.2, -0.15) is 0 Å². The van der Waals surface area contributed by atoms with Crippen molar-refractivity contribution in [3.05, 3.63) is 33.9 Å². The maximum absolute atomic E-state index is 14.6. The van der Waals surface area contributed by atoms with E-state index in [4.69, 9.17) is 5.73 Å². The molecule has 1 aliphatic carbocycles. The summed E-state index contributed by atoms with van der Waals surface area (Å²) in [4.78, 5) is 29.5. The maximum Gasteiger partial charge on any atom is 0.341 e. The Morgan fingerprint density at radius 1 is 1.37 bits per heavy atom. The van der Waals surface area contributed by atoms with Crippen LogP contribution in [0.4, 0.5) is 14.6 Å². The van der Waals surface area contributed by atoms with Gasteiger partial charge in [0, 0.05) is 24.7 Å². The van der Waals surface area contributed by atoms with Crippen LogP contribution in [0.5, 0.6) is 0 Å². The third-order valence-electron chi connectivity index (χ3n) is 5.07. The minimum Gasteiger partial charge on any atom is -0.477 e. The Morgan fingerprint density at radius 2 is 2.07 bits per heavy atom. The number of carbonyl (C=O) groups is 1. The van der Waals surface area contributed by atoms with E-state index in [0.29, 0.717) is 0 Å². The molecule has 7 nitrogen and oxygen atoms in total. The van der Waals surface area contributed by atoms with Gasteiger partial charge in [0.25, 0.3) is 0 Å². The van der Waals surface area contributed by atoms with Gasteiger partial charge in [-0.05, 0) is 25.5 Å². The Hall–Kier alpha value is -2.26. The lowest BCUT2D eigenvalue weighted by atomic mass is 10.1. The van der Waals surface area contributed by atoms with E-state index in [1.54, 1.807) is 4.57 Å². The van der Waals surface area contributed by atoms with Gasteiger partial charge in [0.15, 0.2) is 11.6 Å². The van der Waals surface area contributed by atoms with Crippen LogP contribution in [0.2, 0.25) is 0 Å². The van der Waals surface area contributed by atoms with E-state index in [-0.39, 0.29) is 54.9 Å². The molecule has 27 heavy (non-hydrogen) atoms. The van der Waals surface area contributed by atoms with Crippen molar-refractivity contribution >= 4 is 35.2 Å². The summed E-state index contributed by atoms with van der Waals surface area (Å²) >= 11 is 0. The van der Waals surface area contributed by atoms with E-state index in [2.05, 4.69) is 4.98 Å². The van der Waals surface area contributed by atoms with Crippen molar-refractivity contribution in [2.45, 2.75) is 25.1 Å². The van der Waals surface area contributed by atoms with Crippen molar-refractivity contribution in [1.82, 2.24) is 9.55 Å². The summed E-state index contributed by atoms with van der Waals surface area (Å²) < 4.78 is 30.3. The minimum absolute atomic E-state index is 0. The molecule has 2 atom stereocenters. The minimum atomic E-state index is -1.36. The fourth-order valence-corrected chi connectivity index (χ4v) is 3.47. The molecule has 0 radical (unpaired) electrons. The largest absolute Gasteiger partial charge is 0.477 e. The van der Waals surface area contributed by atoms with Crippen molar-refractivity contribution in [2.75, 3.05) is 24.5 Å². The van der Waals surface area contributed by atoms with Crippen LogP contribution in [0.15, 0.2) is 17.1 Å². The fourth-order valence-electron chi connectivity index (χ4n) is 3.47. The highest BCUT2D eigenvalue weighted by Crippen LogP contribution is 2.37. The number of alkyl halides is 1. The Labute approximate surface area is 159 Å². The number of aromatic carboxylic acids is 1. The second-order valence-electron chi connectivity index (χ2n) is 6.90. The number of rotatable bonds is 4. The number of halogens is 3. The molecule has 3 heterocycles. The summed E-state index contributed by atoms with van der Waals surface area (Å²) in [6, 6.07) is 1.04. The third kappa shape index (κ3) is 3.25. The zero-order chi connectivity index (χ0) is 18.6. The highest BCUT2D eigenvalue weighted by molar-refractivity contribution is 5.92. The van der Waals surface area contributed by atoms with Crippen LogP contribution < -0.4 is 16.1 Å². The maximum atomic E-state index is 14.6. The van der Waals surface area contributed by atoms with Crippen LogP contribution in [0.3, 0.4) is 0 Å². The molecule has 2 fully saturated rings. The topological polar surface area (TPSA) is 101 Å². The van der Waals surface area contributed by atoms with Crippen molar-refractivity contribution in [3.8, 4) is 0 Å². The number of pyridine rings is 2. The quantitative estimate of drug-likeness (QED) is 0.810. The second kappa shape index (κ2) is 7.05. The molecule has 0 bridgehead atoms. The first kappa shape index (κ1) is 19.5. The molecular formula is C17H19ClF2N4O3. The van der Waals surface area contributed by atoms with Crippen LogP contribution in [-0.2, 0) is 0 Å². The number of anilines is 1. The lowest BCUT2D eigenvalue weighted by molar-refractivity contribution is 0.0695. The number of aromatic nitrogens is 2. The monoisotopic (exact) mass is 400 g/mol. The molecule has 0 unspecified atom stereocenters. The molecular weight excluding hydrogens is 382 g/mol. The molecule has 1 saturated heterocycles. The van der Waals surface area contributed by atoms with Crippen LogP contribution in [0, 0.1) is 11.7 Å². The molecule has 0 aromatic carbocycles. The first-order chi connectivity index (χ1) is 12.4. The predicted octanol–water partition coefficient (Wildman–Crippen LogP) is 1.72. The first-order valence-electron chi connectivity index (χ1n) is 8.48. The third-order valence-corrected chi connectivity index (χ3v) is 5.07. The predicted molar refractivity (Wildman–Crippen MR) is 98.1 cm³/mol. The summed E-state index contributed by atoms with van der Waals surface area (Å²) in [6.45, 7) is 0.383. The van der Waals surface area contributed by atoms with E-state index in [9.17, 15) is 23.5 Å². The molecule has 0 amide bonds. The van der Waals surface area contributed by atoms with E-state index in [1.165, 1.54) is 11.1 Å². The number of carboxylic acids is 1. The van der Waals surface area contributed by atoms with Gasteiger partial charge in [0.05, 0.1) is 11.9 Å². The van der Waals surface area contributed by atoms with E-state index in [1.807, 2.05) is 0 Å². The molecule has 146 valence electrons. The van der Waals surface area contributed by atoms with Gasteiger partial charge < -0.3 is 20.3 Å². The van der Waals surface area contributed by atoms with E-state index >= 15 is 0 Å². The van der Waals surface area contributed by atoms with Crippen LogP contribution in [0.1, 0.15) is 29.2 Å². The van der Waals surface area contributed by atoms with Gasteiger partial charge in [-0.25, -0.2) is 18.6 Å². The average molecular weight is 401 g/mol. The highest BCUT2D eigenvalue weighted by atomic mass is 35.5. The highest BCUT2D eigenvalue weighted by Gasteiger charge is 2.35. The Bertz CT molecular complexity index is 963. The molecule has 3 N–H and O–H groups in total. The number of carboxylic acid groups (broad SMARTS) is 1. The SMILES string of the molecule is Cl.NC[C@@H]1CN(c2nc3c(cc2F)c(=O)c(C(=O)O)cn3C2CC2)C[C@H]1F. The smallest absolute Gasteiger partial charge is 0.341 e. The standard InChI is InChI=1S/C17H18F2N4O3.ClH/c18-12-3-10-14(24)11(17(25)26)6-23(9-1-2-9)15(10)21-16(12)22-5-8(4-20)13(19)7-22;/h3,6,8-9,13H,1-2,4-5,7,20H2,(H,25,26);1H/t8-,13-;/m1./s1. The Balaban J connectivity index is 0.00000210. The molecule has 0 spiro atoms. The lowest BCUT2D eigenvalue weighted by Crippen LogP contribution is -2.26. The molecule has 2 aromatic heterocycles. The average Bonchev–Trinajstić information content (AvgIpc) is 3.37. The van der Waals surface area contributed by atoms with Crippen molar-refractivity contribution in [3.63, 3.8) is 0 Å². The summed E-state index contributed by atoms with van der Waals surface area (Å²) in [5, 5.41) is 9.17. The van der Waals surface area contributed by atoms with Gasteiger partial charge in [-0.1, -0.05) is 0 Å². The van der Waals surface area contributed by atoms with Crippen molar-refractivity contribution < 1.29 is 18.7 Å². The normalized spacial score (nSPS) is 22.1. The number of hydrogen-bond acceptors (Lipinski definition) is 5. The second-order valence-corrected chi connectivity index (χ2v) is 6.90. The lowest BCUT2D eigenvalue weighted by Gasteiger charge is -2.19. The fraction of sp³-hybridized carbons (Fsp3) is 0.471. The molecule has 2 aromatic rings. The zero-order valence-corrected chi connectivity index (χ0v) is 15.1. The van der Waals surface area contributed by atoms with Gasteiger partial charge in [0.1, 0.15) is 17.4 Å². The van der Waals surface area contributed by atoms with E-state index < -0.39 is 34.9 Å². The number of nitrogens with zero attached hydrogens (tertiary/aromatic N) is 3. The summed E-state index contributed by atoms with van der Waals surface area (Å²) in [5.41, 5.74) is 4.59. The van der Waals surface area contributed by atoms with E-state index in [0.717, 1.165) is 18.9 Å². The van der Waals surface area contributed by atoms with Crippen molar-refractivity contribution in [2.24, 2.45) is 11.7 Å².